The molecular weight excluding hydrogens is 422 g/mol. The number of carbonyl (C=O) groups excluding carboxylic acids is 2. The van der Waals surface area contributed by atoms with Gasteiger partial charge in [-0.05, 0) is 50.5 Å². The third kappa shape index (κ3) is 6.81. The lowest BCUT2D eigenvalue weighted by Gasteiger charge is -2.33. The number of methoxy groups -OCH3 is 2. The highest BCUT2D eigenvalue weighted by molar-refractivity contribution is 5.87. The van der Waals surface area contributed by atoms with E-state index in [2.05, 4.69) is 25.5 Å². The second kappa shape index (κ2) is 11.0. The number of ether oxygens (including phenoxy) is 2. The van der Waals surface area contributed by atoms with Gasteiger partial charge in [-0.15, -0.1) is 0 Å². The summed E-state index contributed by atoms with van der Waals surface area (Å²) < 4.78 is 10.6. The Balaban J connectivity index is 1.63. The smallest absolute Gasteiger partial charge is 0.243 e. The van der Waals surface area contributed by atoms with Crippen LogP contribution in [0.3, 0.4) is 0 Å². The van der Waals surface area contributed by atoms with E-state index in [1.54, 1.807) is 20.3 Å². The van der Waals surface area contributed by atoms with Gasteiger partial charge in [-0.3, -0.25) is 9.59 Å². The Bertz CT molecular complexity index is 946. The topological polar surface area (TPSA) is 106 Å². The Kier molecular flexibility index (Phi) is 8.08. The fourth-order valence-electron chi connectivity index (χ4n) is 4.05. The number of aromatic nitrogens is 2. The van der Waals surface area contributed by atoms with Gasteiger partial charge in [-0.1, -0.05) is 0 Å². The van der Waals surface area contributed by atoms with E-state index in [1.165, 1.54) is 6.92 Å². The van der Waals surface area contributed by atoms with Gasteiger partial charge >= 0.3 is 0 Å². The number of nitrogens with zero attached hydrogens (tertiary/aromatic N) is 3. The predicted octanol–water partition coefficient (Wildman–Crippen LogP) is 1.94. The molecule has 178 valence electrons. The fraction of sp³-hybridized carbons (Fsp3) is 0.500. The average molecular weight is 456 g/mol. The Labute approximate surface area is 194 Å². The summed E-state index contributed by atoms with van der Waals surface area (Å²) in [6, 6.07) is 6.73. The lowest BCUT2D eigenvalue weighted by Crippen LogP contribution is -2.52. The van der Waals surface area contributed by atoms with Crippen molar-refractivity contribution in [1.82, 2.24) is 20.6 Å². The molecule has 9 heteroatoms. The van der Waals surface area contributed by atoms with Crippen LogP contribution in [0, 0.1) is 13.8 Å². The molecule has 1 atom stereocenters. The zero-order chi connectivity index (χ0) is 24.0. The zero-order valence-electron chi connectivity index (χ0n) is 20.0. The van der Waals surface area contributed by atoms with E-state index in [0.29, 0.717) is 17.9 Å². The highest BCUT2D eigenvalue weighted by Crippen LogP contribution is 2.24. The Morgan fingerprint density at radius 2 is 1.61 bits per heavy atom. The predicted molar refractivity (Wildman–Crippen MR) is 126 cm³/mol. The second-order valence-corrected chi connectivity index (χ2v) is 8.40. The number of rotatable bonds is 8. The fourth-order valence-corrected chi connectivity index (χ4v) is 4.05. The molecule has 9 nitrogen and oxygen atoms in total. The van der Waals surface area contributed by atoms with Gasteiger partial charge in [0.05, 0.1) is 14.2 Å². The minimum absolute atomic E-state index is 0.0239. The van der Waals surface area contributed by atoms with Crippen LogP contribution in [0.5, 0.6) is 11.5 Å². The highest BCUT2D eigenvalue weighted by Gasteiger charge is 2.27. The number of hydrogen-bond donors (Lipinski definition) is 2. The van der Waals surface area contributed by atoms with E-state index >= 15 is 0 Å². The van der Waals surface area contributed by atoms with E-state index < -0.39 is 6.04 Å². The molecule has 2 heterocycles. The Morgan fingerprint density at radius 1 is 1.03 bits per heavy atom. The maximum absolute atomic E-state index is 13.1. The van der Waals surface area contributed by atoms with Crippen molar-refractivity contribution in [3.63, 3.8) is 0 Å². The third-order valence-corrected chi connectivity index (χ3v) is 5.64. The van der Waals surface area contributed by atoms with Crippen LogP contribution < -0.4 is 25.0 Å². The van der Waals surface area contributed by atoms with E-state index in [9.17, 15) is 9.59 Å². The van der Waals surface area contributed by atoms with Crippen molar-refractivity contribution in [3.05, 3.63) is 41.2 Å². The van der Waals surface area contributed by atoms with Crippen LogP contribution in [-0.4, -0.2) is 61.2 Å². The van der Waals surface area contributed by atoms with Gasteiger partial charge < -0.3 is 25.0 Å². The number of aryl methyl sites for hydroxylation is 2. The van der Waals surface area contributed by atoms with E-state index in [4.69, 9.17) is 9.47 Å². The van der Waals surface area contributed by atoms with E-state index in [1.807, 2.05) is 32.0 Å². The minimum Gasteiger partial charge on any atom is -0.497 e. The first kappa shape index (κ1) is 24.3. The van der Waals surface area contributed by atoms with Gasteiger partial charge in [0, 0.05) is 49.9 Å². The summed E-state index contributed by atoms with van der Waals surface area (Å²) in [6.07, 6.45) is 1.89. The Hall–Kier alpha value is -3.36. The van der Waals surface area contributed by atoms with Crippen LogP contribution in [0.25, 0.3) is 0 Å². The van der Waals surface area contributed by atoms with E-state index in [-0.39, 0.29) is 17.9 Å². The molecule has 2 amide bonds. The summed E-state index contributed by atoms with van der Waals surface area (Å²) in [7, 11) is 3.15. The monoisotopic (exact) mass is 455 g/mol. The number of benzene rings is 1. The van der Waals surface area contributed by atoms with Gasteiger partial charge in [0.2, 0.25) is 17.8 Å². The third-order valence-electron chi connectivity index (χ3n) is 5.64. The first-order valence-electron chi connectivity index (χ1n) is 11.1. The zero-order valence-corrected chi connectivity index (χ0v) is 20.0. The van der Waals surface area contributed by atoms with Crippen molar-refractivity contribution < 1.29 is 19.1 Å². The van der Waals surface area contributed by atoms with Crippen LogP contribution in [0.1, 0.15) is 36.7 Å². The molecule has 0 bridgehead atoms. The molecule has 1 aromatic heterocycles. The number of amides is 2. The molecule has 3 rings (SSSR count). The maximum Gasteiger partial charge on any atom is 0.243 e. The van der Waals surface area contributed by atoms with Crippen molar-refractivity contribution in [1.29, 1.82) is 0 Å². The summed E-state index contributed by atoms with van der Waals surface area (Å²) in [5, 5.41) is 5.89. The van der Waals surface area contributed by atoms with Gasteiger partial charge in [0.15, 0.2) is 0 Å². The summed E-state index contributed by atoms with van der Waals surface area (Å²) in [4.78, 5) is 36.1. The lowest BCUT2D eigenvalue weighted by atomic mass is 10.0. The molecule has 2 aromatic rings. The quantitative estimate of drug-likeness (QED) is 0.627. The van der Waals surface area contributed by atoms with Crippen molar-refractivity contribution in [3.8, 4) is 11.5 Å². The van der Waals surface area contributed by atoms with Gasteiger partial charge in [-0.25, -0.2) is 9.97 Å². The first-order chi connectivity index (χ1) is 15.8. The molecule has 0 saturated carbocycles. The molecular formula is C24H33N5O4. The summed E-state index contributed by atoms with van der Waals surface area (Å²) in [5.41, 5.74) is 2.72. The number of nitrogens with one attached hydrogen (secondary N) is 2. The van der Waals surface area contributed by atoms with Crippen molar-refractivity contribution in [2.24, 2.45) is 0 Å². The minimum atomic E-state index is -0.694. The van der Waals surface area contributed by atoms with Crippen LogP contribution in [-0.2, 0) is 16.0 Å². The molecule has 0 radical (unpaired) electrons. The lowest BCUT2D eigenvalue weighted by molar-refractivity contribution is -0.128. The largest absolute Gasteiger partial charge is 0.497 e. The van der Waals surface area contributed by atoms with Crippen LogP contribution in [0.15, 0.2) is 24.3 Å². The molecule has 2 N–H and O–H groups in total. The standard InChI is InChI=1S/C24H33N5O4/c1-15-10-16(2)26-24(25-15)29-8-6-19(7-9-29)28-23(31)22(27-17(3)30)13-18-11-20(32-4)14-21(12-18)33-5/h10-12,14,19,22H,6-9,13H2,1-5H3,(H,27,30)(H,28,31). The number of hydrogen-bond acceptors (Lipinski definition) is 7. The molecule has 1 saturated heterocycles. The number of anilines is 1. The van der Waals surface area contributed by atoms with Crippen LogP contribution >= 0.6 is 0 Å². The van der Waals surface area contributed by atoms with Crippen molar-refractivity contribution >= 4 is 17.8 Å². The SMILES string of the molecule is COc1cc(CC(NC(C)=O)C(=O)NC2CCN(c3nc(C)cc(C)n3)CC2)cc(OC)c1. The molecule has 1 aromatic carbocycles. The summed E-state index contributed by atoms with van der Waals surface area (Å²) >= 11 is 0. The van der Waals surface area contributed by atoms with Crippen LogP contribution in [0.2, 0.25) is 0 Å². The van der Waals surface area contributed by atoms with Crippen molar-refractivity contribution in [2.45, 2.75) is 52.1 Å². The number of piperidine rings is 1. The highest BCUT2D eigenvalue weighted by atomic mass is 16.5. The van der Waals surface area contributed by atoms with Crippen LogP contribution in [0.4, 0.5) is 5.95 Å². The summed E-state index contributed by atoms with van der Waals surface area (Å²) in [6.45, 7) is 6.85. The normalized spacial score (nSPS) is 15.0. The second-order valence-electron chi connectivity index (χ2n) is 8.40. The number of carbonyl (C=O) groups is 2. The molecule has 1 fully saturated rings. The van der Waals surface area contributed by atoms with E-state index in [0.717, 1.165) is 48.8 Å². The molecule has 0 spiro atoms. The molecule has 1 aliphatic rings. The average Bonchev–Trinajstić information content (AvgIpc) is 2.77. The van der Waals surface area contributed by atoms with Gasteiger partial charge in [0.1, 0.15) is 17.5 Å². The summed E-state index contributed by atoms with van der Waals surface area (Å²) in [5.74, 6) is 1.54. The first-order valence-corrected chi connectivity index (χ1v) is 11.1. The molecule has 1 unspecified atom stereocenters. The molecule has 33 heavy (non-hydrogen) atoms. The molecule has 0 aliphatic carbocycles. The maximum atomic E-state index is 13.1. The van der Waals surface area contributed by atoms with Gasteiger partial charge in [0.25, 0.3) is 0 Å². The molecule has 1 aliphatic heterocycles. The Morgan fingerprint density at radius 3 is 2.12 bits per heavy atom. The van der Waals surface area contributed by atoms with Gasteiger partial charge in [-0.2, -0.15) is 0 Å². The van der Waals surface area contributed by atoms with Crippen molar-refractivity contribution in [2.75, 3.05) is 32.2 Å².